The van der Waals surface area contributed by atoms with Gasteiger partial charge in [0.1, 0.15) is 0 Å². The molecular formula is C18H27N3O3S. The molecule has 0 unspecified atom stereocenters. The van der Waals surface area contributed by atoms with Gasteiger partial charge in [-0.25, -0.2) is 0 Å². The largest absolute Gasteiger partial charge is 0.383 e. The quantitative estimate of drug-likeness (QED) is 0.741. The van der Waals surface area contributed by atoms with Crippen molar-refractivity contribution in [3.05, 3.63) is 17.0 Å². The molecule has 2 fully saturated rings. The van der Waals surface area contributed by atoms with Gasteiger partial charge in [0.25, 0.3) is 5.91 Å². The minimum Gasteiger partial charge on any atom is -0.383 e. The van der Waals surface area contributed by atoms with Gasteiger partial charge in [-0.2, -0.15) is 0 Å². The Morgan fingerprint density at radius 3 is 2.68 bits per heavy atom. The molecule has 2 heterocycles. The number of thiophene rings is 1. The maximum atomic E-state index is 12.3. The fraction of sp³-hybridized carbons (Fsp3) is 0.667. The highest BCUT2D eigenvalue weighted by molar-refractivity contribution is 7.18. The standard InChI is InChI=1S/C18H27N3O3S/c1-24-11-10-21-8-6-13(7-9-21)12-19-18(23)15-4-5-16(25-15)20-17(22)14-2-3-14/h4-5,13-14H,2-3,6-12H2,1H3,(H,19,23)(H,20,22). The number of nitrogens with one attached hydrogen (secondary N) is 2. The van der Waals surface area contributed by atoms with Gasteiger partial charge in [-0.15, -0.1) is 11.3 Å². The van der Waals surface area contributed by atoms with Crippen molar-refractivity contribution in [1.82, 2.24) is 10.2 Å². The van der Waals surface area contributed by atoms with Gasteiger partial charge in [0, 0.05) is 26.1 Å². The van der Waals surface area contributed by atoms with E-state index < -0.39 is 0 Å². The van der Waals surface area contributed by atoms with Gasteiger partial charge in [0.05, 0.1) is 16.5 Å². The molecule has 2 N–H and O–H groups in total. The Hall–Kier alpha value is -1.44. The number of likely N-dealkylation sites (tertiary alicyclic amines) is 1. The molecule has 2 amide bonds. The zero-order valence-electron chi connectivity index (χ0n) is 14.8. The SMILES string of the molecule is COCCN1CCC(CNC(=O)c2ccc(NC(=O)C3CC3)s2)CC1. The van der Waals surface area contributed by atoms with E-state index in [9.17, 15) is 9.59 Å². The van der Waals surface area contributed by atoms with E-state index >= 15 is 0 Å². The van der Waals surface area contributed by atoms with Crippen molar-refractivity contribution in [3.8, 4) is 0 Å². The zero-order chi connectivity index (χ0) is 17.6. The Morgan fingerprint density at radius 2 is 2.00 bits per heavy atom. The monoisotopic (exact) mass is 365 g/mol. The molecule has 3 rings (SSSR count). The molecule has 25 heavy (non-hydrogen) atoms. The lowest BCUT2D eigenvalue weighted by Gasteiger charge is -2.31. The normalized spacial score (nSPS) is 18.9. The van der Waals surface area contributed by atoms with Crippen LogP contribution < -0.4 is 10.6 Å². The average molecular weight is 365 g/mol. The number of amides is 2. The van der Waals surface area contributed by atoms with Gasteiger partial charge in [-0.1, -0.05) is 0 Å². The smallest absolute Gasteiger partial charge is 0.261 e. The van der Waals surface area contributed by atoms with Crippen molar-refractivity contribution in [3.63, 3.8) is 0 Å². The molecule has 1 aromatic rings. The summed E-state index contributed by atoms with van der Waals surface area (Å²) in [4.78, 5) is 27.1. The van der Waals surface area contributed by atoms with Crippen LogP contribution in [0.15, 0.2) is 12.1 Å². The molecular weight excluding hydrogens is 338 g/mol. The Bertz CT molecular complexity index is 592. The third-order valence-corrected chi connectivity index (χ3v) is 5.89. The Labute approximate surface area is 152 Å². The van der Waals surface area contributed by atoms with Crippen molar-refractivity contribution in [1.29, 1.82) is 0 Å². The van der Waals surface area contributed by atoms with Gasteiger partial charge in [0.2, 0.25) is 5.91 Å². The van der Waals surface area contributed by atoms with E-state index in [1.54, 1.807) is 13.2 Å². The lowest BCUT2D eigenvalue weighted by atomic mass is 9.97. The summed E-state index contributed by atoms with van der Waals surface area (Å²) < 4.78 is 5.12. The van der Waals surface area contributed by atoms with Crippen LogP contribution in [0.4, 0.5) is 5.00 Å². The number of carbonyl (C=O) groups is 2. The molecule has 0 aromatic carbocycles. The maximum Gasteiger partial charge on any atom is 0.261 e. The summed E-state index contributed by atoms with van der Waals surface area (Å²) in [5, 5.41) is 6.69. The Balaban J connectivity index is 1.38. The molecule has 1 aliphatic carbocycles. The van der Waals surface area contributed by atoms with Gasteiger partial charge >= 0.3 is 0 Å². The average Bonchev–Trinajstić information content (AvgIpc) is 3.38. The van der Waals surface area contributed by atoms with E-state index in [0.717, 1.165) is 63.5 Å². The number of ether oxygens (including phenoxy) is 1. The van der Waals surface area contributed by atoms with Gasteiger partial charge in [-0.05, 0) is 56.8 Å². The summed E-state index contributed by atoms with van der Waals surface area (Å²) in [6.07, 6.45) is 4.18. The second kappa shape index (κ2) is 8.78. The first-order chi connectivity index (χ1) is 12.2. The molecule has 1 saturated carbocycles. The first kappa shape index (κ1) is 18.4. The van der Waals surface area contributed by atoms with Crippen LogP contribution in [0.25, 0.3) is 0 Å². The molecule has 1 aromatic heterocycles. The third kappa shape index (κ3) is 5.52. The van der Waals surface area contributed by atoms with E-state index in [0.29, 0.717) is 10.8 Å². The molecule has 0 bridgehead atoms. The maximum absolute atomic E-state index is 12.3. The molecule has 1 saturated heterocycles. The van der Waals surface area contributed by atoms with Crippen LogP contribution in [-0.4, -0.2) is 56.6 Å². The molecule has 0 spiro atoms. The summed E-state index contributed by atoms with van der Waals surface area (Å²) in [5.74, 6) is 0.749. The molecule has 2 aliphatic rings. The number of rotatable bonds is 8. The van der Waals surface area contributed by atoms with Crippen molar-refractivity contribution in [2.24, 2.45) is 11.8 Å². The summed E-state index contributed by atoms with van der Waals surface area (Å²) in [5.41, 5.74) is 0. The van der Waals surface area contributed by atoms with Gasteiger partial charge in [-0.3, -0.25) is 9.59 Å². The van der Waals surface area contributed by atoms with Crippen molar-refractivity contribution < 1.29 is 14.3 Å². The number of methoxy groups -OCH3 is 1. The topological polar surface area (TPSA) is 70.7 Å². The lowest BCUT2D eigenvalue weighted by Crippen LogP contribution is -2.39. The highest BCUT2D eigenvalue weighted by Gasteiger charge is 2.30. The van der Waals surface area contributed by atoms with Crippen molar-refractivity contribution in [2.75, 3.05) is 45.2 Å². The highest BCUT2D eigenvalue weighted by Crippen LogP contribution is 2.31. The second-order valence-corrected chi connectivity index (χ2v) is 8.00. The number of anilines is 1. The number of piperidine rings is 1. The fourth-order valence-corrected chi connectivity index (χ4v) is 3.88. The molecule has 0 atom stereocenters. The Morgan fingerprint density at radius 1 is 1.24 bits per heavy atom. The van der Waals surface area contributed by atoms with E-state index in [-0.39, 0.29) is 17.7 Å². The first-order valence-electron chi connectivity index (χ1n) is 9.06. The van der Waals surface area contributed by atoms with Crippen LogP contribution in [0, 0.1) is 11.8 Å². The van der Waals surface area contributed by atoms with Crippen LogP contribution in [-0.2, 0) is 9.53 Å². The van der Waals surface area contributed by atoms with Gasteiger partial charge < -0.3 is 20.3 Å². The zero-order valence-corrected chi connectivity index (χ0v) is 15.6. The van der Waals surface area contributed by atoms with E-state index in [1.165, 1.54) is 11.3 Å². The highest BCUT2D eigenvalue weighted by atomic mass is 32.1. The summed E-state index contributed by atoms with van der Waals surface area (Å²) in [6.45, 7) is 4.62. The van der Waals surface area contributed by atoms with Gasteiger partial charge in [0.15, 0.2) is 0 Å². The molecule has 6 nitrogen and oxygen atoms in total. The molecule has 0 radical (unpaired) electrons. The number of hydrogen-bond acceptors (Lipinski definition) is 5. The van der Waals surface area contributed by atoms with E-state index in [1.807, 2.05) is 6.07 Å². The van der Waals surface area contributed by atoms with Crippen molar-refractivity contribution in [2.45, 2.75) is 25.7 Å². The molecule has 1 aliphatic heterocycles. The summed E-state index contributed by atoms with van der Waals surface area (Å²) in [7, 11) is 1.73. The van der Waals surface area contributed by atoms with E-state index in [2.05, 4.69) is 15.5 Å². The minimum atomic E-state index is -0.0428. The fourth-order valence-electron chi connectivity index (χ4n) is 3.05. The summed E-state index contributed by atoms with van der Waals surface area (Å²) in [6, 6.07) is 3.60. The predicted octanol–water partition coefficient (Wildman–Crippen LogP) is 2.18. The third-order valence-electron chi connectivity index (χ3n) is 4.89. The van der Waals surface area contributed by atoms with Crippen molar-refractivity contribution >= 4 is 28.2 Å². The van der Waals surface area contributed by atoms with Crippen LogP contribution in [0.5, 0.6) is 0 Å². The van der Waals surface area contributed by atoms with E-state index in [4.69, 9.17) is 4.74 Å². The van der Waals surface area contributed by atoms with Crippen LogP contribution in [0.1, 0.15) is 35.4 Å². The molecule has 7 heteroatoms. The van der Waals surface area contributed by atoms with Crippen LogP contribution >= 0.6 is 11.3 Å². The van der Waals surface area contributed by atoms with Crippen LogP contribution in [0.2, 0.25) is 0 Å². The number of nitrogens with zero attached hydrogens (tertiary/aromatic N) is 1. The molecule has 138 valence electrons. The minimum absolute atomic E-state index is 0.0428. The Kier molecular flexibility index (Phi) is 6.45. The van der Waals surface area contributed by atoms with Crippen LogP contribution in [0.3, 0.4) is 0 Å². The number of hydrogen-bond donors (Lipinski definition) is 2. The predicted molar refractivity (Wildman–Crippen MR) is 99.0 cm³/mol. The number of carbonyl (C=O) groups excluding carboxylic acids is 2. The second-order valence-electron chi connectivity index (χ2n) is 6.92. The lowest BCUT2D eigenvalue weighted by molar-refractivity contribution is -0.117. The summed E-state index contributed by atoms with van der Waals surface area (Å²) >= 11 is 1.34. The first-order valence-corrected chi connectivity index (χ1v) is 9.87.